The van der Waals surface area contributed by atoms with Gasteiger partial charge < -0.3 is 4.90 Å². The standard InChI is InChI=1S/C15H20N4O/c1-10(2)13-8-15-16-9-12(11(3)20)14(19(15)17-13)6-7-18(4)5/h6-10H,1-5H3/b7-6+. The van der Waals surface area contributed by atoms with Gasteiger partial charge in [0.05, 0.1) is 17.0 Å². The molecule has 106 valence electrons. The fourth-order valence-electron chi connectivity index (χ4n) is 1.90. The molecule has 0 aliphatic carbocycles. The Hall–Kier alpha value is -2.17. The summed E-state index contributed by atoms with van der Waals surface area (Å²) < 4.78 is 1.74. The molecule has 5 heteroatoms. The van der Waals surface area contributed by atoms with Gasteiger partial charge in [0.25, 0.3) is 0 Å². The highest BCUT2D eigenvalue weighted by Gasteiger charge is 2.14. The lowest BCUT2D eigenvalue weighted by molar-refractivity contribution is 0.101. The van der Waals surface area contributed by atoms with Crippen molar-refractivity contribution in [2.24, 2.45) is 0 Å². The number of ketones is 1. The molecular weight excluding hydrogens is 252 g/mol. The third kappa shape index (κ3) is 2.71. The maximum atomic E-state index is 11.8. The molecule has 0 fully saturated rings. The average Bonchev–Trinajstić information content (AvgIpc) is 2.79. The molecule has 0 aliphatic rings. The molecule has 2 heterocycles. The Morgan fingerprint density at radius 2 is 2.10 bits per heavy atom. The van der Waals surface area contributed by atoms with Crippen molar-refractivity contribution in [3.8, 4) is 0 Å². The number of aromatic nitrogens is 3. The lowest BCUT2D eigenvalue weighted by Gasteiger charge is -2.07. The van der Waals surface area contributed by atoms with Crippen molar-refractivity contribution in [1.29, 1.82) is 0 Å². The van der Waals surface area contributed by atoms with Crippen LogP contribution in [0.2, 0.25) is 0 Å². The van der Waals surface area contributed by atoms with Crippen molar-refractivity contribution < 1.29 is 4.79 Å². The first kappa shape index (κ1) is 14.2. The van der Waals surface area contributed by atoms with Gasteiger partial charge in [-0.25, -0.2) is 9.50 Å². The van der Waals surface area contributed by atoms with E-state index in [2.05, 4.69) is 23.9 Å². The first-order valence-electron chi connectivity index (χ1n) is 6.64. The number of carbonyl (C=O) groups excluding carboxylic acids is 1. The van der Waals surface area contributed by atoms with E-state index in [1.54, 1.807) is 17.6 Å². The highest BCUT2D eigenvalue weighted by Crippen LogP contribution is 2.18. The van der Waals surface area contributed by atoms with Gasteiger partial charge in [-0.3, -0.25) is 4.79 Å². The molecule has 5 nitrogen and oxygen atoms in total. The normalized spacial score (nSPS) is 11.7. The second kappa shape index (κ2) is 5.45. The fourth-order valence-corrected chi connectivity index (χ4v) is 1.90. The SMILES string of the molecule is CC(=O)c1cnc2cc(C(C)C)nn2c1/C=C/N(C)C. The minimum absolute atomic E-state index is 0.0144. The van der Waals surface area contributed by atoms with Crippen LogP contribution >= 0.6 is 0 Å². The minimum Gasteiger partial charge on any atom is -0.383 e. The van der Waals surface area contributed by atoms with Crippen LogP contribution in [0.5, 0.6) is 0 Å². The first-order chi connectivity index (χ1) is 9.40. The van der Waals surface area contributed by atoms with Gasteiger partial charge in [0, 0.05) is 32.6 Å². The van der Waals surface area contributed by atoms with Gasteiger partial charge in [-0.05, 0) is 18.9 Å². The molecular formula is C15H20N4O. The molecule has 0 unspecified atom stereocenters. The number of carbonyl (C=O) groups is 1. The number of rotatable bonds is 4. The molecule has 2 rings (SSSR count). The van der Waals surface area contributed by atoms with Crippen LogP contribution in [-0.2, 0) is 0 Å². The topological polar surface area (TPSA) is 50.5 Å². The predicted molar refractivity (Wildman–Crippen MR) is 79.8 cm³/mol. The molecule has 0 N–H and O–H groups in total. The van der Waals surface area contributed by atoms with Crippen molar-refractivity contribution in [2.45, 2.75) is 26.7 Å². The number of fused-ring (bicyclic) bond motifs is 1. The van der Waals surface area contributed by atoms with Crippen LogP contribution in [0.15, 0.2) is 18.5 Å². The Balaban J connectivity index is 2.69. The molecule has 2 aromatic heterocycles. The van der Waals surface area contributed by atoms with Crippen LogP contribution in [0.3, 0.4) is 0 Å². The zero-order chi connectivity index (χ0) is 14.9. The van der Waals surface area contributed by atoms with E-state index >= 15 is 0 Å². The van der Waals surface area contributed by atoms with E-state index < -0.39 is 0 Å². The van der Waals surface area contributed by atoms with Gasteiger partial charge in [-0.2, -0.15) is 5.10 Å². The molecule has 20 heavy (non-hydrogen) atoms. The van der Waals surface area contributed by atoms with Gasteiger partial charge in [-0.1, -0.05) is 13.8 Å². The van der Waals surface area contributed by atoms with E-state index in [1.165, 1.54) is 0 Å². The van der Waals surface area contributed by atoms with Crippen molar-refractivity contribution in [2.75, 3.05) is 14.1 Å². The average molecular weight is 272 g/mol. The van der Waals surface area contributed by atoms with Crippen molar-refractivity contribution in [3.05, 3.63) is 35.4 Å². The van der Waals surface area contributed by atoms with Gasteiger partial charge in [0.2, 0.25) is 0 Å². The smallest absolute Gasteiger partial charge is 0.163 e. The summed E-state index contributed by atoms with van der Waals surface area (Å²) in [5.41, 5.74) is 3.08. The van der Waals surface area contributed by atoms with Crippen LogP contribution < -0.4 is 0 Å². The number of hydrogen-bond donors (Lipinski definition) is 0. The van der Waals surface area contributed by atoms with Crippen molar-refractivity contribution in [1.82, 2.24) is 19.5 Å². The molecule has 0 atom stereocenters. The summed E-state index contributed by atoms with van der Waals surface area (Å²) in [6.45, 7) is 5.72. The van der Waals surface area contributed by atoms with E-state index in [-0.39, 0.29) is 5.78 Å². The summed E-state index contributed by atoms with van der Waals surface area (Å²) in [5, 5.41) is 4.57. The van der Waals surface area contributed by atoms with Gasteiger partial charge in [0.15, 0.2) is 11.4 Å². The molecule has 0 saturated heterocycles. The maximum Gasteiger partial charge on any atom is 0.163 e. The fraction of sp³-hybridized carbons (Fsp3) is 0.400. The zero-order valence-corrected chi connectivity index (χ0v) is 12.6. The highest BCUT2D eigenvalue weighted by molar-refractivity contribution is 5.97. The Bertz CT molecular complexity index is 668. The predicted octanol–water partition coefficient (Wildman–Crippen LogP) is 2.59. The van der Waals surface area contributed by atoms with E-state index in [0.717, 1.165) is 17.0 Å². The van der Waals surface area contributed by atoms with Crippen molar-refractivity contribution in [3.63, 3.8) is 0 Å². The van der Waals surface area contributed by atoms with E-state index in [0.29, 0.717) is 11.5 Å². The molecule has 0 saturated carbocycles. The molecule has 0 aromatic carbocycles. The van der Waals surface area contributed by atoms with Gasteiger partial charge in [-0.15, -0.1) is 0 Å². The van der Waals surface area contributed by atoms with Gasteiger partial charge in [0.1, 0.15) is 0 Å². The Kier molecular flexibility index (Phi) is 3.88. The minimum atomic E-state index is -0.0144. The third-order valence-corrected chi connectivity index (χ3v) is 3.04. The van der Waals surface area contributed by atoms with E-state index in [9.17, 15) is 4.79 Å². The summed E-state index contributed by atoms with van der Waals surface area (Å²) >= 11 is 0. The summed E-state index contributed by atoms with van der Waals surface area (Å²) in [6.07, 6.45) is 5.42. The number of nitrogens with zero attached hydrogens (tertiary/aromatic N) is 4. The third-order valence-electron chi connectivity index (χ3n) is 3.04. The summed E-state index contributed by atoms with van der Waals surface area (Å²) in [6, 6.07) is 1.96. The first-order valence-corrected chi connectivity index (χ1v) is 6.64. The summed E-state index contributed by atoms with van der Waals surface area (Å²) in [4.78, 5) is 18.0. The molecule has 2 aromatic rings. The van der Waals surface area contributed by atoms with E-state index in [1.807, 2.05) is 37.3 Å². The second-order valence-corrected chi connectivity index (χ2v) is 5.39. The zero-order valence-electron chi connectivity index (χ0n) is 12.6. The van der Waals surface area contributed by atoms with Gasteiger partial charge >= 0.3 is 0 Å². The highest BCUT2D eigenvalue weighted by atomic mass is 16.1. The largest absolute Gasteiger partial charge is 0.383 e. The molecule has 0 bridgehead atoms. The monoisotopic (exact) mass is 272 g/mol. The lowest BCUT2D eigenvalue weighted by Crippen LogP contribution is -2.07. The summed E-state index contributed by atoms with van der Waals surface area (Å²) in [7, 11) is 3.87. The quantitative estimate of drug-likeness (QED) is 0.803. The van der Waals surface area contributed by atoms with E-state index in [4.69, 9.17) is 0 Å². The van der Waals surface area contributed by atoms with Crippen LogP contribution in [0, 0.1) is 0 Å². The second-order valence-electron chi connectivity index (χ2n) is 5.39. The number of Topliss-reactive ketones (excluding diaryl/α,β-unsaturated/α-hetero) is 1. The number of hydrogen-bond acceptors (Lipinski definition) is 4. The summed E-state index contributed by atoms with van der Waals surface area (Å²) in [5.74, 6) is 0.308. The van der Waals surface area contributed by atoms with Crippen molar-refractivity contribution >= 4 is 17.5 Å². The van der Waals surface area contributed by atoms with Crippen LogP contribution in [0.1, 0.15) is 48.4 Å². The molecule has 0 radical (unpaired) electrons. The van der Waals surface area contributed by atoms with Crippen LogP contribution in [0.25, 0.3) is 11.7 Å². The molecule has 0 aliphatic heterocycles. The Labute approximate surface area is 118 Å². The Morgan fingerprint density at radius 1 is 1.40 bits per heavy atom. The molecule has 0 spiro atoms. The Morgan fingerprint density at radius 3 is 2.65 bits per heavy atom. The lowest BCUT2D eigenvalue weighted by atomic mass is 10.1. The maximum absolute atomic E-state index is 11.8. The van der Waals surface area contributed by atoms with Crippen LogP contribution in [-0.4, -0.2) is 39.4 Å². The molecule has 0 amide bonds. The van der Waals surface area contributed by atoms with Crippen LogP contribution in [0.4, 0.5) is 0 Å².